The average molecular weight is 171 g/mol. The van der Waals surface area contributed by atoms with Gasteiger partial charge in [0, 0.05) is 6.04 Å². The molecule has 1 rings (SSSR count). The highest BCUT2D eigenvalue weighted by atomic mass is 16.5. The normalized spacial score (nSPS) is 18.6. The van der Waals surface area contributed by atoms with E-state index in [1.807, 2.05) is 13.8 Å². The smallest absolute Gasteiger partial charge is 0.325 e. The fraction of sp³-hybridized carbons (Fsp3) is 0.889. The zero-order valence-electron chi connectivity index (χ0n) is 8.02. The SMILES string of the molecule is COC(=O)C(C)(C)NC1CCC1. The van der Waals surface area contributed by atoms with Gasteiger partial charge in [-0.1, -0.05) is 6.42 Å². The van der Waals surface area contributed by atoms with Crippen molar-refractivity contribution >= 4 is 5.97 Å². The number of nitrogens with one attached hydrogen (secondary N) is 1. The molecule has 0 aromatic heterocycles. The molecule has 0 aromatic carbocycles. The Labute approximate surface area is 73.5 Å². The van der Waals surface area contributed by atoms with Crippen LogP contribution in [0.5, 0.6) is 0 Å². The first-order valence-electron chi connectivity index (χ1n) is 4.42. The van der Waals surface area contributed by atoms with Gasteiger partial charge in [0.05, 0.1) is 7.11 Å². The largest absolute Gasteiger partial charge is 0.468 e. The summed E-state index contributed by atoms with van der Waals surface area (Å²) in [5.41, 5.74) is -0.528. The Balaban J connectivity index is 2.40. The molecule has 3 heteroatoms. The van der Waals surface area contributed by atoms with Crippen LogP contribution in [-0.2, 0) is 9.53 Å². The van der Waals surface area contributed by atoms with Gasteiger partial charge in [-0.15, -0.1) is 0 Å². The number of hydrogen-bond donors (Lipinski definition) is 1. The van der Waals surface area contributed by atoms with Crippen LogP contribution in [-0.4, -0.2) is 24.7 Å². The summed E-state index contributed by atoms with van der Waals surface area (Å²) in [5, 5.41) is 3.27. The fourth-order valence-corrected chi connectivity index (χ4v) is 1.38. The van der Waals surface area contributed by atoms with E-state index in [4.69, 9.17) is 0 Å². The van der Waals surface area contributed by atoms with Crippen LogP contribution in [0.2, 0.25) is 0 Å². The van der Waals surface area contributed by atoms with Crippen LogP contribution in [0.15, 0.2) is 0 Å². The number of methoxy groups -OCH3 is 1. The summed E-state index contributed by atoms with van der Waals surface area (Å²) in [6.07, 6.45) is 3.63. The molecule has 1 aliphatic rings. The lowest BCUT2D eigenvalue weighted by Crippen LogP contribution is -2.54. The quantitative estimate of drug-likeness (QED) is 0.646. The molecular weight excluding hydrogens is 154 g/mol. The lowest BCUT2D eigenvalue weighted by atomic mass is 9.90. The van der Waals surface area contributed by atoms with Crippen LogP contribution in [0.4, 0.5) is 0 Å². The Morgan fingerprint density at radius 3 is 2.42 bits per heavy atom. The molecule has 0 unspecified atom stereocenters. The number of ether oxygens (including phenoxy) is 1. The highest BCUT2D eigenvalue weighted by Crippen LogP contribution is 2.21. The number of hydrogen-bond acceptors (Lipinski definition) is 3. The highest BCUT2D eigenvalue weighted by molar-refractivity contribution is 5.79. The predicted molar refractivity (Wildman–Crippen MR) is 46.9 cm³/mol. The minimum absolute atomic E-state index is 0.186. The molecule has 0 heterocycles. The number of carbonyl (C=O) groups excluding carboxylic acids is 1. The van der Waals surface area contributed by atoms with Gasteiger partial charge in [0.15, 0.2) is 0 Å². The van der Waals surface area contributed by atoms with E-state index < -0.39 is 5.54 Å². The van der Waals surface area contributed by atoms with Crippen LogP contribution in [0.1, 0.15) is 33.1 Å². The van der Waals surface area contributed by atoms with E-state index in [1.165, 1.54) is 26.4 Å². The predicted octanol–water partition coefficient (Wildman–Crippen LogP) is 1.08. The van der Waals surface area contributed by atoms with Crippen molar-refractivity contribution in [2.75, 3.05) is 7.11 Å². The fourth-order valence-electron chi connectivity index (χ4n) is 1.38. The van der Waals surface area contributed by atoms with Gasteiger partial charge in [-0.3, -0.25) is 10.1 Å². The van der Waals surface area contributed by atoms with Gasteiger partial charge in [0.25, 0.3) is 0 Å². The molecule has 1 aliphatic carbocycles. The highest BCUT2D eigenvalue weighted by Gasteiger charge is 2.32. The zero-order valence-corrected chi connectivity index (χ0v) is 8.02. The standard InChI is InChI=1S/C9H17NO2/c1-9(2,8(11)12-3)10-7-5-4-6-7/h7,10H,4-6H2,1-3H3. The molecular formula is C9H17NO2. The lowest BCUT2D eigenvalue weighted by Gasteiger charge is -2.34. The average Bonchev–Trinajstić information content (AvgIpc) is 1.95. The van der Waals surface area contributed by atoms with Crippen molar-refractivity contribution < 1.29 is 9.53 Å². The van der Waals surface area contributed by atoms with Crippen molar-refractivity contribution in [2.45, 2.75) is 44.7 Å². The number of carbonyl (C=O) groups is 1. The van der Waals surface area contributed by atoms with Gasteiger partial charge in [-0.2, -0.15) is 0 Å². The molecule has 3 nitrogen and oxygen atoms in total. The van der Waals surface area contributed by atoms with Crippen LogP contribution < -0.4 is 5.32 Å². The molecule has 70 valence electrons. The third kappa shape index (κ3) is 1.97. The van der Waals surface area contributed by atoms with E-state index in [0.29, 0.717) is 6.04 Å². The van der Waals surface area contributed by atoms with E-state index in [0.717, 1.165) is 0 Å². The van der Waals surface area contributed by atoms with Crippen molar-refractivity contribution in [2.24, 2.45) is 0 Å². The van der Waals surface area contributed by atoms with E-state index >= 15 is 0 Å². The first kappa shape index (κ1) is 9.52. The third-order valence-electron chi connectivity index (χ3n) is 2.37. The van der Waals surface area contributed by atoms with Crippen molar-refractivity contribution in [3.63, 3.8) is 0 Å². The van der Waals surface area contributed by atoms with Gasteiger partial charge >= 0.3 is 5.97 Å². The second-order valence-corrected chi connectivity index (χ2v) is 3.89. The Hall–Kier alpha value is -0.570. The number of esters is 1. The van der Waals surface area contributed by atoms with Crippen molar-refractivity contribution in [1.29, 1.82) is 0 Å². The van der Waals surface area contributed by atoms with E-state index in [-0.39, 0.29) is 5.97 Å². The molecule has 1 N–H and O–H groups in total. The molecule has 0 aliphatic heterocycles. The topological polar surface area (TPSA) is 38.3 Å². The maximum absolute atomic E-state index is 11.2. The number of rotatable bonds is 3. The minimum atomic E-state index is -0.528. The first-order valence-corrected chi connectivity index (χ1v) is 4.42. The zero-order chi connectivity index (χ0) is 9.19. The summed E-state index contributed by atoms with van der Waals surface area (Å²) in [5.74, 6) is -0.186. The Morgan fingerprint density at radius 1 is 1.50 bits per heavy atom. The van der Waals surface area contributed by atoms with Gasteiger partial charge in [0.1, 0.15) is 5.54 Å². The summed E-state index contributed by atoms with van der Waals surface area (Å²) in [6, 6.07) is 0.513. The maximum Gasteiger partial charge on any atom is 0.325 e. The van der Waals surface area contributed by atoms with Crippen LogP contribution in [0.25, 0.3) is 0 Å². The van der Waals surface area contributed by atoms with Gasteiger partial charge < -0.3 is 4.74 Å². The molecule has 0 bridgehead atoms. The summed E-state index contributed by atoms with van der Waals surface area (Å²) in [6.45, 7) is 3.72. The van der Waals surface area contributed by atoms with Crippen molar-refractivity contribution in [3.8, 4) is 0 Å². The monoisotopic (exact) mass is 171 g/mol. The summed E-state index contributed by atoms with van der Waals surface area (Å²) >= 11 is 0. The van der Waals surface area contributed by atoms with Crippen LogP contribution in [0.3, 0.4) is 0 Å². The van der Waals surface area contributed by atoms with E-state index in [9.17, 15) is 4.79 Å². The summed E-state index contributed by atoms with van der Waals surface area (Å²) in [4.78, 5) is 11.2. The lowest BCUT2D eigenvalue weighted by molar-refractivity contribution is -0.147. The molecule has 0 saturated heterocycles. The summed E-state index contributed by atoms with van der Waals surface area (Å²) in [7, 11) is 1.42. The van der Waals surface area contributed by atoms with E-state index in [1.54, 1.807) is 0 Å². The van der Waals surface area contributed by atoms with Crippen molar-refractivity contribution in [1.82, 2.24) is 5.32 Å². The molecule has 0 spiro atoms. The van der Waals surface area contributed by atoms with Crippen LogP contribution >= 0.6 is 0 Å². The Kier molecular flexibility index (Phi) is 2.73. The van der Waals surface area contributed by atoms with Crippen molar-refractivity contribution in [3.05, 3.63) is 0 Å². The molecule has 0 atom stereocenters. The van der Waals surface area contributed by atoms with Gasteiger partial charge in [-0.05, 0) is 26.7 Å². The Morgan fingerprint density at radius 2 is 2.08 bits per heavy atom. The molecule has 0 aromatic rings. The second kappa shape index (κ2) is 3.44. The summed E-state index contributed by atoms with van der Waals surface area (Å²) < 4.78 is 4.68. The molecule has 0 amide bonds. The first-order chi connectivity index (χ1) is 5.56. The van der Waals surface area contributed by atoms with Gasteiger partial charge in [-0.25, -0.2) is 0 Å². The van der Waals surface area contributed by atoms with Gasteiger partial charge in [0.2, 0.25) is 0 Å². The molecule has 1 fully saturated rings. The minimum Gasteiger partial charge on any atom is -0.468 e. The Bertz CT molecular complexity index is 173. The maximum atomic E-state index is 11.2. The molecule has 12 heavy (non-hydrogen) atoms. The second-order valence-electron chi connectivity index (χ2n) is 3.89. The third-order valence-corrected chi connectivity index (χ3v) is 2.37. The molecule has 1 saturated carbocycles. The molecule has 0 radical (unpaired) electrons. The van der Waals surface area contributed by atoms with E-state index in [2.05, 4.69) is 10.1 Å². The van der Waals surface area contributed by atoms with Crippen LogP contribution in [0, 0.1) is 0 Å².